The number of allylic oxidation sites excluding steroid dienone is 6. The molecule has 33 heavy (non-hydrogen) atoms. The molecular weight excluding hydrogens is 444 g/mol. The van der Waals surface area contributed by atoms with Gasteiger partial charge >= 0.3 is 6.18 Å². The Labute approximate surface area is 188 Å². The zero-order chi connectivity index (χ0) is 24.3. The summed E-state index contributed by atoms with van der Waals surface area (Å²) >= 11 is 0. The Balaban J connectivity index is 2.03. The van der Waals surface area contributed by atoms with Crippen LogP contribution in [0.15, 0.2) is 53.6 Å². The summed E-state index contributed by atoms with van der Waals surface area (Å²) < 4.78 is 83.0. The highest BCUT2D eigenvalue weighted by Crippen LogP contribution is 2.38. The minimum absolute atomic E-state index is 0.0631. The number of rotatable bonds is 7. The third kappa shape index (κ3) is 5.17. The SMILES string of the molecule is C\C=C(CF)/C(=C\C(=C\CC)C(F)(F)F)c1cc2n(n1)CCC2N(C)c1ccc(F)c(F)c1. The minimum Gasteiger partial charge on any atom is -0.366 e. The first-order chi connectivity index (χ1) is 15.6. The van der Waals surface area contributed by atoms with Crippen molar-refractivity contribution < 1.29 is 26.3 Å². The number of anilines is 1. The number of halogens is 6. The van der Waals surface area contributed by atoms with E-state index in [1.54, 1.807) is 36.5 Å². The molecule has 9 heteroatoms. The topological polar surface area (TPSA) is 21.1 Å². The van der Waals surface area contributed by atoms with E-state index in [-0.39, 0.29) is 29.3 Å². The molecule has 1 unspecified atom stereocenters. The van der Waals surface area contributed by atoms with Crippen LogP contribution in [0.1, 0.15) is 44.1 Å². The van der Waals surface area contributed by atoms with Gasteiger partial charge in [-0.1, -0.05) is 19.1 Å². The van der Waals surface area contributed by atoms with Crippen LogP contribution in [-0.2, 0) is 6.54 Å². The molecule has 0 aliphatic carbocycles. The fourth-order valence-corrected chi connectivity index (χ4v) is 3.95. The Hall–Kier alpha value is -2.97. The van der Waals surface area contributed by atoms with Crippen molar-refractivity contribution >= 4 is 11.3 Å². The van der Waals surface area contributed by atoms with Crippen LogP contribution in [0.25, 0.3) is 5.57 Å². The number of hydrogen-bond acceptors (Lipinski definition) is 2. The van der Waals surface area contributed by atoms with E-state index in [2.05, 4.69) is 5.10 Å². The van der Waals surface area contributed by atoms with Crippen LogP contribution in [0.4, 0.5) is 32.0 Å². The van der Waals surface area contributed by atoms with Crippen molar-refractivity contribution in [3.8, 4) is 0 Å². The first-order valence-electron chi connectivity index (χ1n) is 10.6. The zero-order valence-corrected chi connectivity index (χ0v) is 18.6. The number of aryl methyl sites for hydroxylation is 1. The molecule has 3 nitrogen and oxygen atoms in total. The Morgan fingerprint density at radius 1 is 1.21 bits per heavy atom. The fourth-order valence-electron chi connectivity index (χ4n) is 3.95. The normalized spacial score (nSPS) is 17.5. The molecule has 0 saturated carbocycles. The number of fused-ring (bicyclic) bond motifs is 1. The number of alkyl halides is 4. The molecule has 178 valence electrons. The standard InChI is InChI=1S/C24H25F6N3/c1-4-6-16(24(28,29)30)11-18(15(5-2)14-25)21-13-23-22(9-10-33(23)31-21)32(3)17-7-8-19(26)20(27)12-17/h5-8,11-13,22H,4,9-10,14H2,1-3H3/b15-5-,16-6-,18-11+. The van der Waals surface area contributed by atoms with Crippen molar-refractivity contribution in [1.29, 1.82) is 0 Å². The molecule has 0 spiro atoms. The maximum atomic E-state index is 13.7. The molecule has 0 radical (unpaired) electrons. The van der Waals surface area contributed by atoms with Gasteiger partial charge in [-0.25, -0.2) is 13.2 Å². The van der Waals surface area contributed by atoms with Gasteiger partial charge in [-0.15, -0.1) is 0 Å². The van der Waals surface area contributed by atoms with Crippen LogP contribution in [0, 0.1) is 11.6 Å². The van der Waals surface area contributed by atoms with Gasteiger partial charge in [0.2, 0.25) is 0 Å². The molecule has 0 bridgehead atoms. The van der Waals surface area contributed by atoms with E-state index in [1.807, 2.05) is 0 Å². The van der Waals surface area contributed by atoms with E-state index in [0.29, 0.717) is 24.3 Å². The third-order valence-corrected chi connectivity index (χ3v) is 5.71. The summed E-state index contributed by atoms with van der Waals surface area (Å²) in [5, 5.41) is 4.45. The van der Waals surface area contributed by atoms with Gasteiger partial charge < -0.3 is 4.90 Å². The smallest absolute Gasteiger partial charge is 0.366 e. The first-order valence-corrected chi connectivity index (χ1v) is 10.6. The zero-order valence-electron chi connectivity index (χ0n) is 18.6. The molecule has 1 aliphatic heterocycles. The largest absolute Gasteiger partial charge is 0.416 e. The molecule has 1 aromatic heterocycles. The lowest BCUT2D eigenvalue weighted by atomic mass is 9.98. The number of hydrogen-bond donors (Lipinski definition) is 0. The Kier molecular flexibility index (Phi) is 7.39. The summed E-state index contributed by atoms with van der Waals surface area (Å²) in [5.74, 6) is -1.92. The summed E-state index contributed by atoms with van der Waals surface area (Å²) in [6, 6.07) is 4.96. The van der Waals surface area contributed by atoms with E-state index >= 15 is 0 Å². The van der Waals surface area contributed by atoms with E-state index in [0.717, 1.165) is 24.3 Å². The quantitative estimate of drug-likeness (QED) is 0.324. The Morgan fingerprint density at radius 3 is 2.52 bits per heavy atom. The van der Waals surface area contributed by atoms with Crippen molar-refractivity contribution in [3.05, 3.63) is 76.7 Å². The van der Waals surface area contributed by atoms with Gasteiger partial charge in [0.1, 0.15) is 6.67 Å². The Bertz CT molecular complexity index is 1090. The molecule has 0 N–H and O–H groups in total. The van der Waals surface area contributed by atoms with E-state index < -0.39 is 30.1 Å². The fraction of sp³-hybridized carbons (Fsp3) is 0.375. The highest BCUT2D eigenvalue weighted by atomic mass is 19.4. The molecular formula is C24H25F6N3. The van der Waals surface area contributed by atoms with Gasteiger partial charge in [0, 0.05) is 30.9 Å². The van der Waals surface area contributed by atoms with Crippen molar-refractivity contribution in [2.45, 2.75) is 45.5 Å². The van der Waals surface area contributed by atoms with E-state index in [4.69, 9.17) is 0 Å². The first kappa shape index (κ1) is 24.7. The highest BCUT2D eigenvalue weighted by Gasteiger charge is 2.34. The second kappa shape index (κ2) is 9.89. The van der Waals surface area contributed by atoms with E-state index in [1.165, 1.54) is 12.1 Å². The predicted molar refractivity (Wildman–Crippen MR) is 116 cm³/mol. The van der Waals surface area contributed by atoms with E-state index in [9.17, 15) is 26.3 Å². The van der Waals surface area contributed by atoms with Crippen molar-refractivity contribution in [2.75, 3.05) is 18.6 Å². The average molecular weight is 469 g/mol. The molecule has 2 heterocycles. The number of aromatic nitrogens is 2. The van der Waals surface area contributed by atoms with Gasteiger partial charge in [0.25, 0.3) is 0 Å². The summed E-state index contributed by atoms with van der Waals surface area (Å²) in [6.07, 6.45) is -0.380. The minimum atomic E-state index is -4.59. The molecule has 1 atom stereocenters. The van der Waals surface area contributed by atoms with Crippen LogP contribution in [-0.4, -0.2) is 29.7 Å². The summed E-state index contributed by atoms with van der Waals surface area (Å²) in [4.78, 5) is 1.76. The molecule has 3 rings (SSSR count). The van der Waals surface area contributed by atoms with Gasteiger partial charge in [-0.2, -0.15) is 18.3 Å². The van der Waals surface area contributed by atoms with Gasteiger partial charge in [0.15, 0.2) is 11.6 Å². The van der Waals surface area contributed by atoms with Crippen molar-refractivity contribution in [3.63, 3.8) is 0 Å². The lowest BCUT2D eigenvalue weighted by molar-refractivity contribution is -0.0883. The molecule has 0 fully saturated rings. The Morgan fingerprint density at radius 2 is 1.94 bits per heavy atom. The molecule has 1 aromatic carbocycles. The number of benzene rings is 1. The molecule has 1 aliphatic rings. The van der Waals surface area contributed by atoms with Crippen molar-refractivity contribution in [1.82, 2.24) is 9.78 Å². The lowest BCUT2D eigenvalue weighted by Crippen LogP contribution is -2.22. The second-order valence-electron chi connectivity index (χ2n) is 7.76. The van der Waals surface area contributed by atoms with Crippen LogP contribution in [0.5, 0.6) is 0 Å². The highest BCUT2D eigenvalue weighted by molar-refractivity contribution is 5.79. The lowest BCUT2D eigenvalue weighted by Gasteiger charge is -2.26. The molecule has 0 saturated heterocycles. The monoisotopic (exact) mass is 469 g/mol. The van der Waals surface area contributed by atoms with Gasteiger partial charge in [-0.05, 0) is 49.6 Å². The summed E-state index contributed by atoms with van der Waals surface area (Å²) in [5.41, 5.74) is 0.679. The van der Waals surface area contributed by atoms with Gasteiger partial charge in [-0.3, -0.25) is 4.68 Å². The maximum Gasteiger partial charge on any atom is 0.416 e. The van der Waals surface area contributed by atoms with Crippen LogP contribution in [0.2, 0.25) is 0 Å². The summed E-state index contributed by atoms with van der Waals surface area (Å²) in [6.45, 7) is 2.69. The van der Waals surface area contributed by atoms with Crippen LogP contribution in [0.3, 0.4) is 0 Å². The number of nitrogens with zero attached hydrogens (tertiary/aromatic N) is 3. The van der Waals surface area contributed by atoms with Crippen LogP contribution >= 0.6 is 0 Å². The molecule has 0 amide bonds. The average Bonchev–Trinajstić information content (AvgIpc) is 3.34. The second-order valence-corrected chi connectivity index (χ2v) is 7.76. The third-order valence-electron chi connectivity index (χ3n) is 5.71. The van der Waals surface area contributed by atoms with Crippen LogP contribution < -0.4 is 4.90 Å². The van der Waals surface area contributed by atoms with Gasteiger partial charge in [0.05, 0.1) is 23.0 Å². The van der Waals surface area contributed by atoms with Crippen molar-refractivity contribution in [2.24, 2.45) is 0 Å². The summed E-state index contributed by atoms with van der Waals surface area (Å²) in [7, 11) is 1.72. The predicted octanol–water partition coefficient (Wildman–Crippen LogP) is 6.94. The molecule has 2 aromatic rings. The maximum absolute atomic E-state index is 13.7.